The number of nitro groups is 1. The van der Waals surface area contributed by atoms with Crippen LogP contribution in [0.3, 0.4) is 0 Å². The molecule has 0 saturated heterocycles. The van der Waals surface area contributed by atoms with Gasteiger partial charge in [-0.1, -0.05) is 42.1 Å². The van der Waals surface area contributed by atoms with Crippen LogP contribution >= 0.6 is 46.5 Å². The van der Waals surface area contributed by atoms with Gasteiger partial charge in [0.2, 0.25) is 0 Å². The minimum Gasteiger partial charge on any atom is -0.301 e. The first kappa shape index (κ1) is 24.4. The number of benzene rings is 2. The molecule has 0 aliphatic heterocycles. The molecule has 35 heavy (non-hydrogen) atoms. The largest absolute Gasteiger partial charge is 0.301 e. The van der Waals surface area contributed by atoms with Crippen LogP contribution in [0.25, 0.3) is 10.2 Å². The first-order valence-corrected chi connectivity index (χ1v) is 14.4. The summed E-state index contributed by atoms with van der Waals surface area (Å²) in [5, 5.41) is 12.0. The highest BCUT2D eigenvalue weighted by molar-refractivity contribution is 8.03. The molecule has 0 radical (unpaired) electrons. The van der Waals surface area contributed by atoms with Crippen LogP contribution in [-0.4, -0.2) is 25.9 Å². The highest BCUT2D eigenvalue weighted by atomic mass is 35.5. The van der Waals surface area contributed by atoms with Gasteiger partial charge in [-0.25, -0.2) is 4.98 Å². The fourth-order valence-electron chi connectivity index (χ4n) is 4.22. The van der Waals surface area contributed by atoms with E-state index in [0.717, 1.165) is 46.4 Å². The maximum Gasteiger partial charge on any atom is 0.269 e. The van der Waals surface area contributed by atoms with Gasteiger partial charge < -0.3 is 4.98 Å². The average molecular weight is 544 g/mol. The summed E-state index contributed by atoms with van der Waals surface area (Å²) in [7, 11) is 0. The molecule has 2 atom stereocenters. The van der Waals surface area contributed by atoms with Gasteiger partial charge >= 0.3 is 0 Å². The van der Waals surface area contributed by atoms with Crippen molar-refractivity contribution >= 4 is 62.4 Å². The summed E-state index contributed by atoms with van der Waals surface area (Å²) in [4.78, 5) is 34.3. The normalized spacial score (nSPS) is 15.0. The third-order valence-electron chi connectivity index (χ3n) is 5.97. The van der Waals surface area contributed by atoms with Crippen molar-refractivity contribution < 1.29 is 4.92 Å². The molecule has 2 heterocycles. The summed E-state index contributed by atoms with van der Waals surface area (Å²) < 4.78 is 0. The summed E-state index contributed by atoms with van der Waals surface area (Å²) in [6, 6.07) is 16.4. The molecule has 180 valence electrons. The van der Waals surface area contributed by atoms with Gasteiger partial charge in [-0.15, -0.1) is 34.7 Å². The number of fused-ring (bicyclic) bond motifs is 3. The van der Waals surface area contributed by atoms with Crippen LogP contribution in [0.5, 0.6) is 0 Å². The number of rotatable bonds is 8. The molecule has 2 aromatic carbocycles. The number of H-pyrrole nitrogens is 1. The maximum atomic E-state index is 12.9. The molecule has 1 aliphatic rings. The molecular weight excluding hydrogens is 522 g/mol. The van der Waals surface area contributed by atoms with E-state index in [2.05, 4.69) is 4.98 Å². The Bertz CT molecular complexity index is 1410. The van der Waals surface area contributed by atoms with Gasteiger partial charge in [0.15, 0.2) is 5.16 Å². The van der Waals surface area contributed by atoms with Gasteiger partial charge in [-0.3, -0.25) is 14.9 Å². The van der Waals surface area contributed by atoms with Gasteiger partial charge in [0.25, 0.3) is 11.2 Å². The standard InChI is InChI=1S/C25H22ClN3O3S3/c26-22(15-6-2-1-3-7-15)20(34-17-12-10-16(11-13-17)29(31)32)14-33-25-27-23(30)21-18-8-4-5-9-19(18)35-24(21)28-25/h1-3,6-7,10-13,20,22H,4-5,8-9,14H2,(H,27,28,30)/t20-,22+/m1/s1. The van der Waals surface area contributed by atoms with Crippen LogP contribution in [0, 0.1) is 10.1 Å². The zero-order valence-corrected chi connectivity index (χ0v) is 21.8. The van der Waals surface area contributed by atoms with Crippen LogP contribution < -0.4 is 5.56 Å². The van der Waals surface area contributed by atoms with Crippen molar-refractivity contribution in [2.75, 3.05) is 5.75 Å². The lowest BCUT2D eigenvalue weighted by atomic mass is 9.97. The maximum absolute atomic E-state index is 12.9. The minimum atomic E-state index is -0.406. The van der Waals surface area contributed by atoms with Gasteiger partial charge in [-0.05, 0) is 48.9 Å². The summed E-state index contributed by atoms with van der Waals surface area (Å²) in [6.45, 7) is 0. The van der Waals surface area contributed by atoms with E-state index in [1.165, 1.54) is 34.3 Å². The number of aromatic amines is 1. The van der Waals surface area contributed by atoms with E-state index in [0.29, 0.717) is 10.9 Å². The van der Waals surface area contributed by atoms with Gasteiger partial charge in [0.1, 0.15) is 4.83 Å². The Labute approximate surface area is 219 Å². The number of hydrogen-bond acceptors (Lipinski definition) is 7. The second-order valence-corrected chi connectivity index (χ2v) is 12.2. The molecule has 5 rings (SSSR count). The van der Waals surface area contributed by atoms with Crippen LogP contribution in [0.1, 0.15) is 34.2 Å². The fraction of sp³-hybridized carbons (Fsp3) is 0.280. The number of nitrogens with one attached hydrogen (secondary N) is 1. The van der Waals surface area contributed by atoms with E-state index in [4.69, 9.17) is 16.6 Å². The van der Waals surface area contributed by atoms with E-state index in [-0.39, 0.29) is 21.9 Å². The fourth-order valence-corrected chi connectivity index (χ4v) is 8.27. The number of aromatic nitrogens is 2. The highest BCUT2D eigenvalue weighted by Gasteiger charge is 2.25. The van der Waals surface area contributed by atoms with Crippen LogP contribution in [0.15, 0.2) is 69.4 Å². The molecule has 2 aromatic heterocycles. The molecule has 10 heteroatoms. The van der Waals surface area contributed by atoms with Crippen LogP contribution in [-0.2, 0) is 12.8 Å². The first-order chi connectivity index (χ1) is 17.0. The summed E-state index contributed by atoms with van der Waals surface area (Å²) in [5.74, 6) is 0.601. The zero-order chi connectivity index (χ0) is 24.4. The Morgan fingerprint density at radius 2 is 1.86 bits per heavy atom. The number of alkyl halides is 1. The number of hydrogen-bond donors (Lipinski definition) is 1. The quantitative estimate of drug-likeness (QED) is 0.0845. The second-order valence-electron chi connectivity index (χ2n) is 8.29. The molecule has 4 aromatic rings. The predicted octanol–water partition coefficient (Wildman–Crippen LogP) is 7.00. The molecule has 0 spiro atoms. The molecule has 0 unspecified atom stereocenters. The Kier molecular flexibility index (Phi) is 7.48. The molecule has 1 aliphatic carbocycles. The number of non-ortho nitro benzene ring substituents is 1. The first-order valence-electron chi connectivity index (χ1n) is 11.3. The van der Waals surface area contributed by atoms with Crippen LogP contribution in [0.2, 0.25) is 0 Å². The van der Waals surface area contributed by atoms with Gasteiger partial charge in [0, 0.05) is 32.9 Å². The van der Waals surface area contributed by atoms with Crippen molar-refractivity contribution in [1.82, 2.24) is 9.97 Å². The molecule has 1 N–H and O–H groups in total. The van der Waals surface area contributed by atoms with Gasteiger partial charge in [0.05, 0.1) is 15.7 Å². The van der Waals surface area contributed by atoms with Gasteiger partial charge in [-0.2, -0.15) is 0 Å². The molecule has 0 bridgehead atoms. The van der Waals surface area contributed by atoms with E-state index in [1.54, 1.807) is 35.2 Å². The SMILES string of the molecule is O=c1[nH]c(SC[C@@H](Sc2ccc([N+](=O)[O-])cc2)[C@@H](Cl)c2ccccc2)nc2sc3c(c12)CCCC3. The minimum absolute atomic E-state index is 0.0551. The Balaban J connectivity index is 1.39. The number of nitro benzene ring substituents is 1. The Hall–Kier alpha value is -2.33. The van der Waals surface area contributed by atoms with Crippen LogP contribution in [0.4, 0.5) is 5.69 Å². The molecule has 0 fully saturated rings. The molecule has 6 nitrogen and oxygen atoms in total. The number of nitrogens with zero attached hydrogens (tertiary/aromatic N) is 2. The summed E-state index contributed by atoms with van der Waals surface area (Å²) >= 11 is 11.6. The number of thioether (sulfide) groups is 2. The highest BCUT2D eigenvalue weighted by Crippen LogP contribution is 2.40. The molecule has 0 saturated carbocycles. The number of halogens is 1. The monoisotopic (exact) mass is 543 g/mol. The Morgan fingerprint density at radius 3 is 2.60 bits per heavy atom. The topological polar surface area (TPSA) is 88.9 Å². The lowest BCUT2D eigenvalue weighted by Gasteiger charge is -2.22. The van der Waals surface area contributed by atoms with Crippen molar-refractivity contribution in [1.29, 1.82) is 0 Å². The number of aryl methyl sites for hydroxylation is 2. The smallest absolute Gasteiger partial charge is 0.269 e. The van der Waals surface area contributed by atoms with E-state index in [1.807, 2.05) is 30.3 Å². The van der Waals surface area contributed by atoms with E-state index < -0.39 is 4.92 Å². The van der Waals surface area contributed by atoms with Crippen molar-refractivity contribution in [3.8, 4) is 0 Å². The van der Waals surface area contributed by atoms with E-state index in [9.17, 15) is 14.9 Å². The predicted molar refractivity (Wildman–Crippen MR) is 145 cm³/mol. The van der Waals surface area contributed by atoms with Crippen molar-refractivity contribution in [3.05, 3.63) is 91.1 Å². The average Bonchev–Trinajstić information content (AvgIpc) is 3.26. The lowest BCUT2D eigenvalue weighted by molar-refractivity contribution is -0.384. The second kappa shape index (κ2) is 10.7. The van der Waals surface area contributed by atoms with Crippen molar-refractivity contribution in [3.63, 3.8) is 0 Å². The van der Waals surface area contributed by atoms with E-state index >= 15 is 0 Å². The lowest BCUT2D eigenvalue weighted by Crippen LogP contribution is -2.15. The summed E-state index contributed by atoms with van der Waals surface area (Å²) in [5.41, 5.74) is 2.16. The number of thiophene rings is 1. The molecular formula is C25H22ClN3O3S3. The molecule has 0 amide bonds. The third kappa shape index (κ3) is 5.43. The third-order valence-corrected chi connectivity index (χ3v) is 10.3. The Morgan fingerprint density at radius 1 is 1.11 bits per heavy atom. The summed E-state index contributed by atoms with van der Waals surface area (Å²) in [6.07, 6.45) is 4.26. The van der Waals surface area contributed by atoms with Crippen molar-refractivity contribution in [2.45, 2.75) is 46.4 Å². The van der Waals surface area contributed by atoms with Crippen molar-refractivity contribution in [2.24, 2.45) is 0 Å². The zero-order valence-electron chi connectivity index (χ0n) is 18.6.